The summed E-state index contributed by atoms with van der Waals surface area (Å²) in [6.07, 6.45) is 0.149. The number of thiazole rings is 1. The number of carbonyl (C=O) groups excluding carboxylic acids is 1. The lowest BCUT2D eigenvalue weighted by Crippen LogP contribution is -2.20. The summed E-state index contributed by atoms with van der Waals surface area (Å²) >= 11 is 1.29. The summed E-state index contributed by atoms with van der Waals surface area (Å²) < 4.78 is 27.3. The summed E-state index contributed by atoms with van der Waals surface area (Å²) in [4.78, 5) is 16.8. The SMILES string of the molecule is COCCn1c(=NC(=O)CCOc2ccccc2)sc2cccc(F)c21. The number of carbonyl (C=O) groups is 1. The van der Waals surface area contributed by atoms with Crippen LogP contribution in [0.25, 0.3) is 10.2 Å². The van der Waals surface area contributed by atoms with Gasteiger partial charge >= 0.3 is 0 Å². The fourth-order valence-electron chi connectivity index (χ4n) is 2.50. The lowest BCUT2D eigenvalue weighted by Gasteiger charge is -2.05. The molecule has 0 N–H and O–H groups in total. The third-order valence-corrected chi connectivity index (χ3v) is 4.76. The van der Waals surface area contributed by atoms with E-state index in [1.165, 1.54) is 17.4 Å². The van der Waals surface area contributed by atoms with Crippen LogP contribution in [0.1, 0.15) is 6.42 Å². The Morgan fingerprint density at radius 1 is 1.15 bits per heavy atom. The Labute approximate surface area is 154 Å². The van der Waals surface area contributed by atoms with E-state index in [4.69, 9.17) is 9.47 Å². The van der Waals surface area contributed by atoms with E-state index in [0.717, 1.165) is 4.70 Å². The molecule has 0 atom stereocenters. The van der Waals surface area contributed by atoms with E-state index in [1.54, 1.807) is 17.7 Å². The molecule has 3 rings (SSSR count). The summed E-state index contributed by atoms with van der Waals surface area (Å²) in [6.45, 7) is 1.06. The molecule has 136 valence electrons. The number of halogens is 1. The minimum absolute atomic E-state index is 0.149. The summed E-state index contributed by atoms with van der Waals surface area (Å²) in [6, 6.07) is 14.1. The highest BCUT2D eigenvalue weighted by molar-refractivity contribution is 7.16. The van der Waals surface area contributed by atoms with Crippen LogP contribution in [0.2, 0.25) is 0 Å². The van der Waals surface area contributed by atoms with Crippen molar-refractivity contribution in [2.24, 2.45) is 4.99 Å². The van der Waals surface area contributed by atoms with Crippen molar-refractivity contribution in [2.45, 2.75) is 13.0 Å². The normalized spacial score (nSPS) is 11.8. The van der Waals surface area contributed by atoms with Gasteiger partial charge in [0.2, 0.25) is 0 Å². The van der Waals surface area contributed by atoms with Crippen LogP contribution in [0.3, 0.4) is 0 Å². The number of hydrogen-bond acceptors (Lipinski definition) is 4. The van der Waals surface area contributed by atoms with Gasteiger partial charge in [0.1, 0.15) is 11.6 Å². The molecule has 0 unspecified atom stereocenters. The zero-order valence-corrected chi connectivity index (χ0v) is 15.2. The number of nitrogens with zero attached hydrogens (tertiary/aromatic N) is 2. The molecule has 0 radical (unpaired) electrons. The van der Waals surface area contributed by atoms with Gasteiger partial charge in [-0.25, -0.2) is 4.39 Å². The number of benzene rings is 2. The van der Waals surface area contributed by atoms with E-state index in [9.17, 15) is 9.18 Å². The van der Waals surface area contributed by atoms with Crippen LogP contribution in [-0.4, -0.2) is 30.8 Å². The lowest BCUT2D eigenvalue weighted by molar-refractivity contribution is -0.118. The topological polar surface area (TPSA) is 52.8 Å². The number of hydrogen-bond donors (Lipinski definition) is 0. The Balaban J connectivity index is 1.79. The van der Waals surface area contributed by atoms with Crippen LogP contribution in [0.4, 0.5) is 4.39 Å². The predicted octanol–water partition coefficient (Wildman–Crippen LogP) is 3.38. The maximum Gasteiger partial charge on any atom is 0.251 e. The molecule has 1 amide bonds. The molecule has 3 aromatic rings. The minimum Gasteiger partial charge on any atom is -0.493 e. The van der Waals surface area contributed by atoms with Crippen molar-refractivity contribution >= 4 is 27.5 Å². The first-order valence-electron chi connectivity index (χ1n) is 8.21. The van der Waals surface area contributed by atoms with E-state index >= 15 is 0 Å². The molecular weight excluding hydrogens is 355 g/mol. The fourth-order valence-corrected chi connectivity index (χ4v) is 3.59. The first kappa shape index (κ1) is 18.3. The van der Waals surface area contributed by atoms with Gasteiger partial charge in [-0.05, 0) is 24.3 Å². The van der Waals surface area contributed by atoms with E-state index in [-0.39, 0.29) is 24.8 Å². The highest BCUT2D eigenvalue weighted by atomic mass is 32.1. The van der Waals surface area contributed by atoms with E-state index in [2.05, 4.69) is 4.99 Å². The average molecular weight is 374 g/mol. The van der Waals surface area contributed by atoms with Gasteiger partial charge in [0.15, 0.2) is 4.80 Å². The predicted molar refractivity (Wildman–Crippen MR) is 98.8 cm³/mol. The quantitative estimate of drug-likeness (QED) is 0.637. The fraction of sp³-hybridized carbons (Fsp3) is 0.263. The van der Waals surface area contributed by atoms with Gasteiger partial charge < -0.3 is 14.0 Å². The molecule has 0 saturated carbocycles. The molecule has 26 heavy (non-hydrogen) atoms. The zero-order valence-electron chi connectivity index (χ0n) is 14.4. The van der Waals surface area contributed by atoms with Crippen molar-refractivity contribution < 1.29 is 18.7 Å². The lowest BCUT2D eigenvalue weighted by atomic mass is 10.3. The molecule has 5 nitrogen and oxygen atoms in total. The van der Waals surface area contributed by atoms with Crippen LogP contribution in [0.15, 0.2) is 53.5 Å². The van der Waals surface area contributed by atoms with E-state index < -0.39 is 0 Å². The van der Waals surface area contributed by atoms with Crippen molar-refractivity contribution in [2.75, 3.05) is 20.3 Å². The number of para-hydroxylation sites is 2. The molecule has 0 spiro atoms. The number of rotatable bonds is 7. The van der Waals surface area contributed by atoms with Gasteiger partial charge in [-0.2, -0.15) is 4.99 Å². The highest BCUT2D eigenvalue weighted by Crippen LogP contribution is 2.20. The van der Waals surface area contributed by atoms with Gasteiger partial charge in [-0.15, -0.1) is 0 Å². The Morgan fingerprint density at radius 3 is 2.73 bits per heavy atom. The Morgan fingerprint density at radius 2 is 1.96 bits per heavy atom. The Kier molecular flexibility index (Phi) is 6.14. The molecular formula is C19H19FN2O3S. The van der Waals surface area contributed by atoms with Gasteiger partial charge in [-0.1, -0.05) is 35.6 Å². The molecule has 0 saturated heterocycles. The highest BCUT2D eigenvalue weighted by Gasteiger charge is 2.11. The van der Waals surface area contributed by atoms with Crippen molar-refractivity contribution in [3.05, 3.63) is 59.1 Å². The number of methoxy groups -OCH3 is 1. The second-order valence-corrected chi connectivity index (χ2v) is 6.54. The van der Waals surface area contributed by atoms with Crippen LogP contribution in [0.5, 0.6) is 5.75 Å². The first-order chi connectivity index (χ1) is 12.7. The van der Waals surface area contributed by atoms with Crippen LogP contribution >= 0.6 is 11.3 Å². The number of ether oxygens (including phenoxy) is 2. The molecule has 1 aromatic heterocycles. The summed E-state index contributed by atoms with van der Waals surface area (Å²) in [5.41, 5.74) is 0.446. The monoisotopic (exact) mass is 374 g/mol. The number of fused-ring (bicyclic) bond motifs is 1. The van der Waals surface area contributed by atoms with Crippen LogP contribution < -0.4 is 9.54 Å². The molecule has 7 heteroatoms. The summed E-state index contributed by atoms with van der Waals surface area (Å²) in [7, 11) is 1.58. The summed E-state index contributed by atoms with van der Waals surface area (Å²) in [5, 5.41) is 0. The maximum absolute atomic E-state index is 14.2. The van der Waals surface area contributed by atoms with Crippen molar-refractivity contribution in [1.29, 1.82) is 0 Å². The Bertz CT molecular complexity index is 950. The molecule has 0 aliphatic carbocycles. The largest absolute Gasteiger partial charge is 0.493 e. The van der Waals surface area contributed by atoms with E-state index in [1.807, 2.05) is 36.4 Å². The van der Waals surface area contributed by atoms with Crippen LogP contribution in [0, 0.1) is 5.82 Å². The molecule has 0 aliphatic rings. The molecule has 0 fully saturated rings. The van der Waals surface area contributed by atoms with Crippen molar-refractivity contribution in [3.63, 3.8) is 0 Å². The smallest absolute Gasteiger partial charge is 0.251 e. The Hall–Kier alpha value is -2.51. The average Bonchev–Trinajstić information content (AvgIpc) is 2.99. The van der Waals surface area contributed by atoms with Gasteiger partial charge in [0.25, 0.3) is 5.91 Å². The van der Waals surface area contributed by atoms with Crippen molar-refractivity contribution in [3.8, 4) is 5.75 Å². The van der Waals surface area contributed by atoms with Gasteiger partial charge in [0, 0.05) is 13.7 Å². The summed E-state index contributed by atoms with van der Waals surface area (Å²) in [5.74, 6) is 0.0645. The molecule has 0 bridgehead atoms. The first-order valence-corrected chi connectivity index (χ1v) is 9.03. The molecule has 0 aliphatic heterocycles. The second kappa shape index (κ2) is 8.73. The maximum atomic E-state index is 14.2. The third kappa shape index (κ3) is 4.36. The second-order valence-electron chi connectivity index (χ2n) is 5.53. The van der Waals surface area contributed by atoms with Crippen molar-refractivity contribution in [1.82, 2.24) is 4.57 Å². The third-order valence-electron chi connectivity index (χ3n) is 3.72. The zero-order chi connectivity index (χ0) is 18.4. The molecule has 1 heterocycles. The number of aromatic nitrogens is 1. The van der Waals surface area contributed by atoms with E-state index in [0.29, 0.717) is 29.2 Å². The molecule has 2 aromatic carbocycles. The van der Waals surface area contributed by atoms with Gasteiger partial charge in [-0.3, -0.25) is 4.79 Å². The number of amides is 1. The minimum atomic E-state index is -0.337. The van der Waals surface area contributed by atoms with Gasteiger partial charge in [0.05, 0.1) is 29.9 Å². The standard InChI is InChI=1S/C19H19FN2O3S/c1-24-13-11-22-18-15(20)8-5-9-16(18)26-19(22)21-17(23)10-12-25-14-6-3-2-4-7-14/h2-9H,10-13H2,1H3. The van der Waals surface area contributed by atoms with Crippen LogP contribution in [-0.2, 0) is 16.1 Å².